The maximum atomic E-state index is 11.8. The maximum Gasteiger partial charge on any atom is 0.350 e. The summed E-state index contributed by atoms with van der Waals surface area (Å²) in [7, 11) is 1.16. The van der Waals surface area contributed by atoms with Crippen LogP contribution in [0.2, 0.25) is 0 Å². The van der Waals surface area contributed by atoms with Gasteiger partial charge in [0.15, 0.2) is 5.57 Å². The van der Waals surface area contributed by atoms with Crippen LogP contribution in [-0.2, 0) is 23.8 Å². The van der Waals surface area contributed by atoms with Gasteiger partial charge in [0.25, 0.3) is 5.79 Å². The lowest BCUT2D eigenvalue weighted by molar-refractivity contribution is -0.222. The summed E-state index contributed by atoms with van der Waals surface area (Å²) >= 11 is 0. The molecule has 8 heteroatoms. The number of cyclic esters (lactones) is 2. The van der Waals surface area contributed by atoms with E-state index < -0.39 is 23.7 Å². The minimum absolute atomic E-state index is 0.135. The lowest BCUT2D eigenvalue weighted by Gasteiger charge is -2.29. The normalized spacial score (nSPS) is 16.2. The summed E-state index contributed by atoms with van der Waals surface area (Å²) in [6.07, 6.45) is 1.04. The van der Waals surface area contributed by atoms with E-state index in [0.29, 0.717) is 0 Å². The highest BCUT2D eigenvalue weighted by atomic mass is 16.7. The number of carbonyl (C=O) groups excluding carboxylic acids is 3. The van der Waals surface area contributed by atoms with Crippen LogP contribution in [0.1, 0.15) is 24.2 Å². The average Bonchev–Trinajstić information content (AvgIpc) is 2.44. The molecule has 0 aromatic heterocycles. The van der Waals surface area contributed by atoms with Crippen molar-refractivity contribution in [3.8, 4) is 5.75 Å². The monoisotopic (exact) mass is 321 g/mol. The lowest BCUT2D eigenvalue weighted by atomic mass is 10.1. The molecule has 0 unspecified atom stereocenters. The molecule has 2 N–H and O–H groups in total. The highest BCUT2D eigenvalue weighted by Crippen LogP contribution is 2.27. The summed E-state index contributed by atoms with van der Waals surface area (Å²) < 4.78 is 14.4. The van der Waals surface area contributed by atoms with E-state index in [1.54, 1.807) is 0 Å². The zero-order valence-corrected chi connectivity index (χ0v) is 12.7. The van der Waals surface area contributed by atoms with Gasteiger partial charge in [0.05, 0.1) is 12.8 Å². The number of phenolic OH excluding ortho intramolecular Hbond substituents is 1. The first-order valence-corrected chi connectivity index (χ1v) is 6.59. The Morgan fingerprint density at radius 3 is 2.43 bits per heavy atom. The van der Waals surface area contributed by atoms with Gasteiger partial charge in [-0.15, -0.1) is 0 Å². The number of ether oxygens (including phenoxy) is 3. The topological polar surface area (TPSA) is 111 Å². The number of phenols is 1. The summed E-state index contributed by atoms with van der Waals surface area (Å²) in [6, 6.07) is 4.24. The minimum Gasteiger partial charge on any atom is -0.507 e. The fraction of sp³-hybridized carbons (Fsp3) is 0.267. The van der Waals surface area contributed by atoms with Crippen molar-refractivity contribution in [1.82, 2.24) is 0 Å². The fourth-order valence-corrected chi connectivity index (χ4v) is 1.91. The summed E-state index contributed by atoms with van der Waals surface area (Å²) in [5.41, 5.74) is -0.358. The molecule has 0 atom stereocenters. The Morgan fingerprint density at radius 2 is 1.87 bits per heavy atom. The van der Waals surface area contributed by atoms with Crippen LogP contribution in [-0.4, -0.2) is 35.9 Å². The van der Waals surface area contributed by atoms with Gasteiger partial charge in [-0.3, -0.25) is 0 Å². The molecule has 0 amide bonds. The quantitative estimate of drug-likeness (QED) is 0.487. The van der Waals surface area contributed by atoms with Gasteiger partial charge in [0.2, 0.25) is 0 Å². The second-order valence-electron chi connectivity index (χ2n) is 5.07. The smallest absolute Gasteiger partial charge is 0.350 e. The van der Waals surface area contributed by atoms with Gasteiger partial charge < -0.3 is 24.6 Å². The van der Waals surface area contributed by atoms with E-state index in [0.717, 1.165) is 13.3 Å². The second kappa shape index (κ2) is 5.99. The van der Waals surface area contributed by atoms with Crippen molar-refractivity contribution in [2.75, 3.05) is 12.4 Å². The van der Waals surface area contributed by atoms with Crippen molar-refractivity contribution < 1.29 is 33.7 Å². The van der Waals surface area contributed by atoms with Crippen molar-refractivity contribution in [3.05, 3.63) is 35.5 Å². The van der Waals surface area contributed by atoms with Gasteiger partial charge in [-0.05, 0) is 12.1 Å². The molecule has 0 spiro atoms. The lowest BCUT2D eigenvalue weighted by Crippen LogP contribution is -2.42. The molecule has 23 heavy (non-hydrogen) atoms. The zero-order valence-electron chi connectivity index (χ0n) is 12.7. The molecule has 0 aliphatic carbocycles. The number of esters is 3. The summed E-state index contributed by atoms with van der Waals surface area (Å²) in [6.45, 7) is 2.86. The molecule has 0 bridgehead atoms. The first-order valence-electron chi connectivity index (χ1n) is 6.59. The highest BCUT2D eigenvalue weighted by Gasteiger charge is 2.39. The molecule has 1 aromatic carbocycles. The van der Waals surface area contributed by atoms with Gasteiger partial charge in [-0.25, -0.2) is 14.4 Å². The summed E-state index contributed by atoms with van der Waals surface area (Å²) in [4.78, 5) is 35.3. The van der Waals surface area contributed by atoms with E-state index in [2.05, 4.69) is 10.1 Å². The van der Waals surface area contributed by atoms with Gasteiger partial charge >= 0.3 is 17.9 Å². The van der Waals surface area contributed by atoms with Crippen LogP contribution < -0.4 is 5.32 Å². The first kappa shape index (κ1) is 16.3. The Bertz CT molecular complexity index is 684. The standard InChI is InChI=1S/C15H15NO7/c1-15(2)22-12(18)8(13(19)23-15)7-16-9-5-4-6-10(17)11(9)14(20)21-3/h4-7,16-17H,1-3H3. The van der Waals surface area contributed by atoms with E-state index >= 15 is 0 Å². The maximum absolute atomic E-state index is 11.8. The van der Waals surface area contributed by atoms with Crippen LogP contribution in [0, 0.1) is 0 Å². The van der Waals surface area contributed by atoms with E-state index in [1.807, 2.05) is 0 Å². The fourth-order valence-electron chi connectivity index (χ4n) is 1.91. The minimum atomic E-state index is -1.34. The predicted molar refractivity (Wildman–Crippen MR) is 77.4 cm³/mol. The molecular formula is C15H15NO7. The number of nitrogens with one attached hydrogen (secondary N) is 1. The van der Waals surface area contributed by atoms with Gasteiger partial charge in [-0.2, -0.15) is 0 Å². The first-order chi connectivity index (χ1) is 10.7. The molecule has 122 valence electrons. The van der Waals surface area contributed by atoms with Crippen LogP contribution in [0.15, 0.2) is 30.0 Å². The van der Waals surface area contributed by atoms with Crippen molar-refractivity contribution in [2.45, 2.75) is 19.6 Å². The number of benzene rings is 1. The predicted octanol–water partition coefficient (Wildman–Crippen LogP) is 1.31. The summed E-state index contributed by atoms with van der Waals surface area (Å²) in [5.74, 6) is -4.15. The Labute approximate surface area is 131 Å². The molecule has 0 saturated carbocycles. The zero-order chi connectivity index (χ0) is 17.2. The third kappa shape index (κ3) is 3.42. The number of aromatic hydroxyl groups is 1. The molecule has 8 nitrogen and oxygen atoms in total. The molecule has 1 heterocycles. The Kier molecular flexibility index (Phi) is 4.26. The number of rotatable bonds is 3. The number of methoxy groups -OCH3 is 1. The van der Waals surface area contributed by atoms with Gasteiger partial charge in [0, 0.05) is 20.0 Å². The SMILES string of the molecule is COC(=O)c1c(O)cccc1NC=C1C(=O)OC(C)(C)OC1=O. The third-order valence-corrected chi connectivity index (χ3v) is 2.92. The number of anilines is 1. The van der Waals surface area contributed by atoms with E-state index in [9.17, 15) is 19.5 Å². The molecule has 2 rings (SSSR count). The van der Waals surface area contributed by atoms with Crippen LogP contribution in [0.3, 0.4) is 0 Å². The number of hydrogen-bond acceptors (Lipinski definition) is 8. The van der Waals surface area contributed by atoms with Crippen molar-refractivity contribution in [3.63, 3.8) is 0 Å². The van der Waals surface area contributed by atoms with E-state index in [1.165, 1.54) is 32.0 Å². The Balaban J connectivity index is 2.31. The molecule has 1 aromatic rings. The van der Waals surface area contributed by atoms with Crippen LogP contribution in [0.4, 0.5) is 5.69 Å². The molecule has 0 radical (unpaired) electrons. The molecule has 1 saturated heterocycles. The van der Waals surface area contributed by atoms with Gasteiger partial charge in [0.1, 0.15) is 11.3 Å². The Morgan fingerprint density at radius 1 is 1.26 bits per heavy atom. The average molecular weight is 321 g/mol. The van der Waals surface area contributed by atoms with Crippen LogP contribution >= 0.6 is 0 Å². The largest absolute Gasteiger partial charge is 0.507 e. The molecule has 1 fully saturated rings. The van der Waals surface area contributed by atoms with E-state index in [-0.39, 0.29) is 22.6 Å². The van der Waals surface area contributed by atoms with Crippen molar-refractivity contribution in [1.29, 1.82) is 0 Å². The van der Waals surface area contributed by atoms with E-state index in [4.69, 9.17) is 9.47 Å². The molecule has 1 aliphatic heterocycles. The Hall–Kier alpha value is -3.03. The van der Waals surface area contributed by atoms with Crippen molar-refractivity contribution in [2.24, 2.45) is 0 Å². The third-order valence-electron chi connectivity index (χ3n) is 2.92. The highest BCUT2D eigenvalue weighted by molar-refractivity contribution is 6.15. The van der Waals surface area contributed by atoms with Crippen LogP contribution in [0.5, 0.6) is 5.75 Å². The van der Waals surface area contributed by atoms with Crippen LogP contribution in [0.25, 0.3) is 0 Å². The molecule has 1 aliphatic rings. The van der Waals surface area contributed by atoms with Gasteiger partial charge in [-0.1, -0.05) is 6.07 Å². The number of carbonyl (C=O) groups is 3. The molecular weight excluding hydrogens is 306 g/mol. The number of hydrogen-bond donors (Lipinski definition) is 2. The summed E-state index contributed by atoms with van der Waals surface area (Å²) in [5, 5.41) is 12.4. The second-order valence-corrected chi connectivity index (χ2v) is 5.07. The van der Waals surface area contributed by atoms with Crippen molar-refractivity contribution >= 4 is 23.6 Å².